The molecule has 3 nitrogen and oxygen atoms in total. The Kier molecular flexibility index (Phi) is 4.52. The summed E-state index contributed by atoms with van der Waals surface area (Å²) in [7, 11) is 1.08. The maximum Gasteiger partial charge on any atom is 0.416 e. The molecule has 0 aliphatic heterocycles. The number of carbonyl (C=O) groups excluding carboxylic acids is 1. The second kappa shape index (κ2) is 5.56. The molecule has 1 aromatic rings. The zero-order chi connectivity index (χ0) is 14.8. The van der Waals surface area contributed by atoms with E-state index in [0.29, 0.717) is 12.1 Å². The van der Waals surface area contributed by atoms with Gasteiger partial charge in [0.2, 0.25) is 0 Å². The van der Waals surface area contributed by atoms with Gasteiger partial charge in [0, 0.05) is 0 Å². The molecule has 7 heteroatoms. The van der Waals surface area contributed by atoms with E-state index >= 15 is 0 Å². The van der Waals surface area contributed by atoms with Crippen molar-refractivity contribution in [2.45, 2.75) is 19.2 Å². The molecular formula is C12H12F4O3. The van der Waals surface area contributed by atoms with Crippen LogP contribution in [-0.2, 0) is 15.7 Å². The van der Waals surface area contributed by atoms with Gasteiger partial charge in [0.05, 0.1) is 24.7 Å². The lowest BCUT2D eigenvalue weighted by molar-refractivity contribution is -0.148. The molecule has 0 fully saturated rings. The molecule has 0 radical (unpaired) electrons. The third kappa shape index (κ3) is 3.66. The summed E-state index contributed by atoms with van der Waals surface area (Å²) in [5, 5.41) is 9.77. The van der Waals surface area contributed by atoms with E-state index in [9.17, 15) is 27.5 Å². The highest BCUT2D eigenvalue weighted by molar-refractivity contribution is 5.72. The predicted molar refractivity (Wildman–Crippen MR) is 57.5 cm³/mol. The summed E-state index contributed by atoms with van der Waals surface area (Å²) in [5.74, 6) is -3.04. The number of carbonyl (C=O) groups is 1. The van der Waals surface area contributed by atoms with E-state index in [1.54, 1.807) is 0 Å². The van der Waals surface area contributed by atoms with Crippen LogP contribution in [0.15, 0.2) is 18.2 Å². The van der Waals surface area contributed by atoms with Crippen LogP contribution in [0.25, 0.3) is 0 Å². The first-order valence-electron chi connectivity index (χ1n) is 5.30. The number of aliphatic hydroxyl groups is 1. The molecule has 0 bridgehead atoms. The average molecular weight is 280 g/mol. The van der Waals surface area contributed by atoms with Crippen molar-refractivity contribution < 1.29 is 32.2 Å². The fourth-order valence-corrected chi connectivity index (χ4v) is 1.55. The Balaban J connectivity index is 3.14. The lowest BCUT2D eigenvalue weighted by atomic mass is 9.96. The highest BCUT2D eigenvalue weighted by Gasteiger charge is 2.33. The Bertz CT molecular complexity index is 471. The lowest BCUT2D eigenvalue weighted by Crippen LogP contribution is -2.21. The van der Waals surface area contributed by atoms with E-state index in [1.807, 2.05) is 0 Å². The van der Waals surface area contributed by atoms with Crippen molar-refractivity contribution in [3.63, 3.8) is 0 Å². The third-order valence-corrected chi connectivity index (χ3v) is 2.64. The van der Waals surface area contributed by atoms with Crippen LogP contribution in [0.4, 0.5) is 17.6 Å². The number of benzene rings is 1. The van der Waals surface area contributed by atoms with Crippen molar-refractivity contribution in [1.82, 2.24) is 0 Å². The average Bonchev–Trinajstić information content (AvgIpc) is 2.34. The molecule has 1 aromatic carbocycles. The molecule has 19 heavy (non-hydrogen) atoms. The molecule has 106 valence electrons. The Morgan fingerprint density at radius 2 is 1.89 bits per heavy atom. The summed E-state index contributed by atoms with van der Waals surface area (Å²) < 4.78 is 55.0. The van der Waals surface area contributed by atoms with Crippen LogP contribution >= 0.6 is 0 Å². The van der Waals surface area contributed by atoms with Gasteiger partial charge in [0.25, 0.3) is 0 Å². The molecule has 0 saturated heterocycles. The zero-order valence-corrected chi connectivity index (χ0v) is 10.2. The summed E-state index contributed by atoms with van der Waals surface area (Å²) in [6, 6.07) is 1.67. The normalized spacial score (nSPS) is 14.9. The maximum atomic E-state index is 13.1. The Morgan fingerprint density at radius 1 is 1.32 bits per heavy atom. The number of ether oxygens (including phenoxy) is 1. The van der Waals surface area contributed by atoms with E-state index in [4.69, 9.17) is 0 Å². The standard InChI is InChI=1S/C12H12F4O3/c1-6(11(18)19-2)10(17)7-3-8(12(14,15)16)5-9(13)4-7/h3-6,10,17H,1-2H3. The lowest BCUT2D eigenvalue weighted by Gasteiger charge is -2.18. The smallest absolute Gasteiger partial charge is 0.416 e. The van der Waals surface area contributed by atoms with Crippen LogP contribution in [0.2, 0.25) is 0 Å². The molecule has 0 aliphatic carbocycles. The summed E-state index contributed by atoms with van der Waals surface area (Å²) in [5.41, 5.74) is -1.55. The highest BCUT2D eigenvalue weighted by atomic mass is 19.4. The highest BCUT2D eigenvalue weighted by Crippen LogP contribution is 2.33. The molecular weight excluding hydrogens is 268 g/mol. The van der Waals surface area contributed by atoms with Crippen LogP contribution in [0.1, 0.15) is 24.2 Å². The molecule has 0 spiro atoms. The van der Waals surface area contributed by atoms with Gasteiger partial charge in [-0.3, -0.25) is 4.79 Å². The number of hydrogen-bond donors (Lipinski definition) is 1. The molecule has 0 heterocycles. The molecule has 0 saturated carbocycles. The molecule has 2 unspecified atom stereocenters. The van der Waals surface area contributed by atoms with Crippen LogP contribution in [0, 0.1) is 11.7 Å². The number of aliphatic hydroxyl groups excluding tert-OH is 1. The summed E-state index contributed by atoms with van der Waals surface area (Å²) in [4.78, 5) is 11.2. The van der Waals surface area contributed by atoms with Crippen molar-refractivity contribution in [3.05, 3.63) is 35.1 Å². The Labute approximate surface area is 106 Å². The van der Waals surface area contributed by atoms with Crippen molar-refractivity contribution in [2.24, 2.45) is 5.92 Å². The van der Waals surface area contributed by atoms with Crippen molar-refractivity contribution in [1.29, 1.82) is 0 Å². The minimum Gasteiger partial charge on any atom is -0.469 e. The predicted octanol–water partition coefficient (Wildman–Crippen LogP) is 2.69. The summed E-state index contributed by atoms with van der Waals surface area (Å²) >= 11 is 0. The summed E-state index contributed by atoms with van der Waals surface area (Å²) in [6.07, 6.45) is -6.31. The molecule has 0 aliphatic rings. The number of rotatable bonds is 3. The fraction of sp³-hybridized carbons (Fsp3) is 0.417. The molecule has 1 N–H and O–H groups in total. The third-order valence-electron chi connectivity index (χ3n) is 2.64. The molecule has 2 atom stereocenters. The van der Waals surface area contributed by atoms with E-state index in [-0.39, 0.29) is 5.56 Å². The van der Waals surface area contributed by atoms with Gasteiger partial charge in [0.1, 0.15) is 5.82 Å². The minimum absolute atomic E-state index is 0.318. The summed E-state index contributed by atoms with van der Waals surface area (Å²) in [6.45, 7) is 1.27. The van der Waals surface area contributed by atoms with E-state index < -0.39 is 35.5 Å². The van der Waals surface area contributed by atoms with Gasteiger partial charge in [0.15, 0.2) is 0 Å². The van der Waals surface area contributed by atoms with Crippen molar-refractivity contribution in [3.8, 4) is 0 Å². The number of hydrogen-bond acceptors (Lipinski definition) is 3. The van der Waals surface area contributed by atoms with Gasteiger partial charge in [-0.05, 0) is 30.7 Å². The topological polar surface area (TPSA) is 46.5 Å². The van der Waals surface area contributed by atoms with E-state index in [0.717, 1.165) is 13.2 Å². The zero-order valence-electron chi connectivity index (χ0n) is 10.2. The van der Waals surface area contributed by atoms with Crippen molar-refractivity contribution in [2.75, 3.05) is 7.11 Å². The second-order valence-corrected chi connectivity index (χ2v) is 4.03. The van der Waals surface area contributed by atoms with Crippen LogP contribution < -0.4 is 0 Å². The van der Waals surface area contributed by atoms with Gasteiger partial charge in [-0.2, -0.15) is 13.2 Å². The fourth-order valence-electron chi connectivity index (χ4n) is 1.55. The Morgan fingerprint density at radius 3 is 2.37 bits per heavy atom. The van der Waals surface area contributed by atoms with Crippen molar-refractivity contribution >= 4 is 5.97 Å². The van der Waals surface area contributed by atoms with E-state index in [1.165, 1.54) is 6.92 Å². The second-order valence-electron chi connectivity index (χ2n) is 4.03. The maximum absolute atomic E-state index is 13.1. The largest absolute Gasteiger partial charge is 0.469 e. The van der Waals surface area contributed by atoms with Gasteiger partial charge in [-0.1, -0.05) is 0 Å². The molecule has 0 aromatic heterocycles. The Hall–Kier alpha value is -1.63. The van der Waals surface area contributed by atoms with Gasteiger partial charge in [-0.25, -0.2) is 4.39 Å². The number of esters is 1. The van der Waals surface area contributed by atoms with Gasteiger partial charge in [-0.15, -0.1) is 0 Å². The first kappa shape index (κ1) is 15.4. The molecule has 1 rings (SSSR count). The van der Waals surface area contributed by atoms with Crippen LogP contribution in [-0.4, -0.2) is 18.2 Å². The quantitative estimate of drug-likeness (QED) is 0.684. The first-order chi connectivity index (χ1) is 8.66. The van der Waals surface area contributed by atoms with E-state index in [2.05, 4.69) is 4.74 Å². The van der Waals surface area contributed by atoms with Crippen LogP contribution in [0.3, 0.4) is 0 Å². The van der Waals surface area contributed by atoms with Gasteiger partial charge < -0.3 is 9.84 Å². The number of alkyl halides is 3. The first-order valence-corrected chi connectivity index (χ1v) is 5.30. The van der Waals surface area contributed by atoms with Gasteiger partial charge >= 0.3 is 12.1 Å². The van der Waals surface area contributed by atoms with Crippen LogP contribution in [0.5, 0.6) is 0 Å². The monoisotopic (exact) mass is 280 g/mol. The SMILES string of the molecule is COC(=O)C(C)C(O)c1cc(F)cc(C(F)(F)F)c1. The number of methoxy groups -OCH3 is 1. The molecule has 0 amide bonds. The number of halogens is 4. The minimum atomic E-state index is -4.73.